The van der Waals surface area contributed by atoms with Gasteiger partial charge < -0.3 is 10.4 Å². The molecule has 0 heterocycles. The Labute approximate surface area is 110 Å². The smallest absolute Gasteiger partial charge is 0.335 e. The van der Waals surface area contributed by atoms with E-state index in [4.69, 9.17) is 5.11 Å². The van der Waals surface area contributed by atoms with E-state index < -0.39 is 27.5 Å². The summed E-state index contributed by atoms with van der Waals surface area (Å²) < 4.78 is 23.9. The molecule has 0 bridgehead atoms. The van der Waals surface area contributed by atoms with Crippen LogP contribution >= 0.6 is 0 Å². The molecule has 102 valence electrons. The van der Waals surface area contributed by atoms with Gasteiger partial charge in [0.15, 0.2) is 9.84 Å². The van der Waals surface area contributed by atoms with Crippen LogP contribution in [0.15, 0.2) is 29.2 Å². The Balaban J connectivity index is 2.16. The van der Waals surface area contributed by atoms with Gasteiger partial charge in [0.25, 0.3) is 0 Å². The van der Waals surface area contributed by atoms with E-state index in [0.29, 0.717) is 0 Å². The summed E-state index contributed by atoms with van der Waals surface area (Å²) in [5.41, 5.74) is -0.122. The monoisotopic (exact) mass is 283 g/mol. The van der Waals surface area contributed by atoms with Crippen LogP contribution < -0.4 is 5.32 Å². The highest BCUT2D eigenvalue weighted by Gasteiger charge is 2.26. The quantitative estimate of drug-likeness (QED) is 0.816. The Kier molecular flexibility index (Phi) is 3.57. The van der Waals surface area contributed by atoms with E-state index in [1.807, 2.05) is 0 Å². The maximum absolute atomic E-state index is 12.0. The van der Waals surface area contributed by atoms with Gasteiger partial charge in [-0.1, -0.05) is 6.07 Å². The molecule has 1 amide bonds. The fraction of sp³-hybridized carbons (Fsp3) is 0.333. The van der Waals surface area contributed by atoms with Crippen molar-refractivity contribution in [1.29, 1.82) is 0 Å². The molecule has 0 unspecified atom stereocenters. The fourth-order valence-corrected chi connectivity index (χ4v) is 2.76. The molecule has 2 rings (SSSR count). The van der Waals surface area contributed by atoms with E-state index in [2.05, 4.69) is 5.32 Å². The number of sulfone groups is 1. The second-order valence-corrected chi connectivity index (χ2v) is 6.42. The van der Waals surface area contributed by atoms with Crippen LogP contribution in [0, 0.1) is 0 Å². The van der Waals surface area contributed by atoms with Gasteiger partial charge in [0.2, 0.25) is 5.91 Å². The second-order valence-electron chi connectivity index (χ2n) is 4.43. The minimum Gasteiger partial charge on any atom is -0.478 e. The lowest BCUT2D eigenvalue weighted by Gasteiger charge is -2.06. The number of rotatable bonds is 5. The Morgan fingerprint density at radius 1 is 1.32 bits per heavy atom. The van der Waals surface area contributed by atoms with Crippen molar-refractivity contribution in [2.45, 2.75) is 23.8 Å². The molecule has 0 saturated heterocycles. The summed E-state index contributed by atoms with van der Waals surface area (Å²) in [5, 5.41) is 11.4. The standard InChI is InChI=1S/C12H13NO5S/c14-11(13-9-4-5-9)7-19(17,18)10-3-1-2-8(6-10)12(15)16/h1-3,6,9H,4-5,7H2,(H,13,14)(H,15,16). The van der Waals surface area contributed by atoms with E-state index in [0.717, 1.165) is 18.9 Å². The minimum absolute atomic E-state index is 0.0908. The van der Waals surface area contributed by atoms with Crippen LogP contribution in [0.1, 0.15) is 23.2 Å². The second kappa shape index (κ2) is 5.00. The maximum atomic E-state index is 12.0. The number of carboxylic acids is 1. The molecule has 1 aromatic carbocycles. The molecule has 1 aliphatic rings. The number of hydrogen-bond donors (Lipinski definition) is 2. The number of nitrogens with one attached hydrogen (secondary N) is 1. The zero-order valence-corrected chi connectivity index (χ0v) is 10.8. The van der Waals surface area contributed by atoms with Gasteiger partial charge in [-0.15, -0.1) is 0 Å². The number of carbonyl (C=O) groups is 2. The molecule has 1 saturated carbocycles. The van der Waals surface area contributed by atoms with Crippen LogP contribution in [-0.2, 0) is 14.6 Å². The Morgan fingerprint density at radius 3 is 2.58 bits per heavy atom. The maximum Gasteiger partial charge on any atom is 0.335 e. The molecule has 6 nitrogen and oxygen atoms in total. The summed E-state index contributed by atoms with van der Waals surface area (Å²) in [6, 6.07) is 5.07. The van der Waals surface area contributed by atoms with Crippen molar-refractivity contribution in [2.75, 3.05) is 5.75 Å². The first-order valence-corrected chi connectivity index (χ1v) is 7.39. The molecule has 0 aliphatic heterocycles. The number of carboxylic acid groups (broad SMARTS) is 1. The van der Waals surface area contributed by atoms with Gasteiger partial charge in [-0.2, -0.15) is 0 Å². The van der Waals surface area contributed by atoms with Crippen molar-refractivity contribution in [3.8, 4) is 0 Å². The summed E-state index contributed by atoms with van der Waals surface area (Å²) in [5.74, 6) is -2.42. The van der Waals surface area contributed by atoms with E-state index >= 15 is 0 Å². The van der Waals surface area contributed by atoms with Gasteiger partial charge in [0.05, 0.1) is 10.5 Å². The van der Waals surface area contributed by atoms with Crippen LogP contribution in [0.3, 0.4) is 0 Å². The van der Waals surface area contributed by atoms with Crippen molar-refractivity contribution in [1.82, 2.24) is 5.32 Å². The van der Waals surface area contributed by atoms with E-state index in [1.165, 1.54) is 18.2 Å². The molecule has 0 radical (unpaired) electrons. The average Bonchev–Trinajstić information content (AvgIpc) is 3.12. The van der Waals surface area contributed by atoms with E-state index in [1.54, 1.807) is 0 Å². The van der Waals surface area contributed by atoms with Gasteiger partial charge in [0.1, 0.15) is 5.75 Å². The normalized spacial score (nSPS) is 14.9. The lowest BCUT2D eigenvalue weighted by Crippen LogP contribution is -2.31. The van der Waals surface area contributed by atoms with Crippen molar-refractivity contribution < 1.29 is 23.1 Å². The number of hydrogen-bond acceptors (Lipinski definition) is 4. The highest BCUT2D eigenvalue weighted by atomic mass is 32.2. The van der Waals surface area contributed by atoms with E-state index in [-0.39, 0.29) is 16.5 Å². The molecule has 19 heavy (non-hydrogen) atoms. The summed E-state index contributed by atoms with van der Waals surface area (Å²) in [6.07, 6.45) is 1.75. The largest absolute Gasteiger partial charge is 0.478 e. The molecular formula is C12H13NO5S. The first kappa shape index (κ1) is 13.5. The van der Waals surface area contributed by atoms with Crippen molar-refractivity contribution in [3.63, 3.8) is 0 Å². The lowest BCUT2D eigenvalue weighted by molar-refractivity contribution is -0.118. The number of carbonyl (C=O) groups excluding carboxylic acids is 1. The summed E-state index contributed by atoms with van der Waals surface area (Å²) >= 11 is 0. The summed E-state index contributed by atoms with van der Waals surface area (Å²) in [6.45, 7) is 0. The molecular weight excluding hydrogens is 270 g/mol. The number of aromatic carboxylic acids is 1. The third-order valence-electron chi connectivity index (χ3n) is 2.70. The Hall–Kier alpha value is -1.89. The molecule has 0 atom stereocenters. The van der Waals surface area contributed by atoms with Gasteiger partial charge in [-0.05, 0) is 31.0 Å². The van der Waals surface area contributed by atoms with Crippen LogP contribution in [-0.4, -0.2) is 37.2 Å². The van der Waals surface area contributed by atoms with Gasteiger partial charge in [0, 0.05) is 6.04 Å². The number of amides is 1. The Morgan fingerprint density at radius 2 is 2.00 bits per heavy atom. The van der Waals surface area contributed by atoms with Crippen molar-refractivity contribution >= 4 is 21.7 Å². The van der Waals surface area contributed by atoms with Crippen LogP contribution in [0.4, 0.5) is 0 Å². The zero-order valence-electron chi connectivity index (χ0n) is 10.00. The SMILES string of the molecule is O=C(CS(=O)(=O)c1cccc(C(=O)O)c1)NC1CC1. The first-order chi connectivity index (χ1) is 8.88. The highest BCUT2D eigenvalue weighted by molar-refractivity contribution is 7.92. The molecule has 1 aliphatic carbocycles. The van der Waals surface area contributed by atoms with Crippen LogP contribution in [0.25, 0.3) is 0 Å². The van der Waals surface area contributed by atoms with Gasteiger partial charge >= 0.3 is 5.97 Å². The molecule has 1 aromatic rings. The number of benzene rings is 1. The first-order valence-electron chi connectivity index (χ1n) is 5.74. The zero-order chi connectivity index (χ0) is 14.0. The van der Waals surface area contributed by atoms with Crippen LogP contribution in [0.5, 0.6) is 0 Å². The van der Waals surface area contributed by atoms with Crippen molar-refractivity contribution in [2.24, 2.45) is 0 Å². The molecule has 0 aromatic heterocycles. The molecule has 2 N–H and O–H groups in total. The van der Waals surface area contributed by atoms with Crippen molar-refractivity contribution in [3.05, 3.63) is 29.8 Å². The van der Waals surface area contributed by atoms with Crippen LogP contribution in [0.2, 0.25) is 0 Å². The van der Waals surface area contributed by atoms with Gasteiger partial charge in [-0.25, -0.2) is 13.2 Å². The predicted octanol–water partition coefficient (Wildman–Crippen LogP) is 0.437. The third-order valence-corrected chi connectivity index (χ3v) is 4.32. The average molecular weight is 283 g/mol. The summed E-state index contributed by atoms with van der Waals surface area (Å²) in [4.78, 5) is 22.1. The molecule has 0 spiro atoms. The molecule has 1 fully saturated rings. The highest BCUT2D eigenvalue weighted by Crippen LogP contribution is 2.19. The Bertz CT molecular complexity index is 619. The summed E-state index contributed by atoms with van der Waals surface area (Å²) in [7, 11) is -3.81. The van der Waals surface area contributed by atoms with Gasteiger partial charge in [-0.3, -0.25) is 4.79 Å². The molecule has 7 heteroatoms. The fourth-order valence-electron chi connectivity index (χ4n) is 1.58. The van der Waals surface area contributed by atoms with E-state index in [9.17, 15) is 18.0 Å². The third kappa shape index (κ3) is 3.54. The predicted molar refractivity (Wildman–Crippen MR) is 66.6 cm³/mol. The lowest BCUT2D eigenvalue weighted by atomic mass is 10.2. The minimum atomic E-state index is -3.81. The topological polar surface area (TPSA) is 101 Å².